The van der Waals surface area contributed by atoms with E-state index in [0.717, 1.165) is 13.1 Å². The molecule has 192 valence electrons. The van der Waals surface area contributed by atoms with Gasteiger partial charge in [-0.1, -0.05) is 0 Å². The van der Waals surface area contributed by atoms with Gasteiger partial charge in [0.1, 0.15) is 11.2 Å². The summed E-state index contributed by atoms with van der Waals surface area (Å²) in [5.74, 6) is -1.48. The Hall–Kier alpha value is -1.75. The fourth-order valence-electron chi connectivity index (χ4n) is 3.42. The van der Waals surface area contributed by atoms with Crippen molar-refractivity contribution in [3.63, 3.8) is 0 Å². The Kier molecular flexibility index (Phi) is 11.7. The van der Waals surface area contributed by atoms with Crippen molar-refractivity contribution in [2.75, 3.05) is 79.0 Å². The van der Waals surface area contributed by atoms with Gasteiger partial charge in [-0.3, -0.25) is 29.1 Å². The average Bonchev–Trinajstić information content (AvgIpc) is 2.61. The topological polar surface area (TPSA) is 103 Å². The van der Waals surface area contributed by atoms with Gasteiger partial charge in [-0.25, -0.2) is 0 Å². The van der Waals surface area contributed by atoms with Gasteiger partial charge in [0.2, 0.25) is 0 Å². The maximum Gasteiger partial charge on any atom is 0.320 e. The van der Waals surface area contributed by atoms with Crippen molar-refractivity contribution >= 4 is 17.9 Å². The fourth-order valence-corrected chi connectivity index (χ4v) is 3.42. The quantitative estimate of drug-likeness (QED) is 0.553. The largest absolute Gasteiger partial charge is 0.480 e. The molecule has 0 aliphatic carbocycles. The molecule has 0 aromatic heterocycles. The van der Waals surface area contributed by atoms with Crippen molar-refractivity contribution in [2.24, 2.45) is 0 Å². The molecule has 1 heterocycles. The highest BCUT2D eigenvalue weighted by Crippen LogP contribution is 2.09. The van der Waals surface area contributed by atoms with Crippen LogP contribution in [0.4, 0.5) is 0 Å². The average molecular weight is 473 g/mol. The van der Waals surface area contributed by atoms with E-state index in [0.29, 0.717) is 39.3 Å². The predicted octanol–water partition coefficient (Wildman–Crippen LogP) is 0.606. The number of carboxylic acid groups (broad SMARTS) is 1. The van der Waals surface area contributed by atoms with Crippen molar-refractivity contribution in [3.8, 4) is 0 Å². The van der Waals surface area contributed by atoms with E-state index in [1.54, 1.807) is 0 Å². The molecule has 1 fully saturated rings. The van der Waals surface area contributed by atoms with Crippen LogP contribution in [0.25, 0.3) is 0 Å². The number of hydrogen-bond donors (Lipinski definition) is 1. The Labute approximate surface area is 198 Å². The summed E-state index contributed by atoms with van der Waals surface area (Å²) in [6, 6.07) is 0. The maximum absolute atomic E-state index is 12.4. The van der Waals surface area contributed by atoms with Gasteiger partial charge in [-0.05, 0) is 48.6 Å². The van der Waals surface area contributed by atoms with E-state index in [1.807, 2.05) is 63.3 Å². The van der Waals surface area contributed by atoms with Crippen LogP contribution in [0.5, 0.6) is 0 Å². The number of likely N-dealkylation sites (N-methyl/N-ethyl adjacent to an activating group) is 1. The number of carboxylic acids is 1. The number of nitrogens with zero attached hydrogens (tertiary/aromatic N) is 4. The minimum absolute atomic E-state index is 0.0968. The van der Waals surface area contributed by atoms with Crippen LogP contribution in [-0.2, 0) is 23.9 Å². The summed E-state index contributed by atoms with van der Waals surface area (Å²) < 4.78 is 10.9. The van der Waals surface area contributed by atoms with E-state index in [4.69, 9.17) is 9.47 Å². The third-order valence-electron chi connectivity index (χ3n) is 4.97. The van der Waals surface area contributed by atoms with Crippen LogP contribution in [0.2, 0.25) is 0 Å². The number of rotatable bonds is 6. The lowest BCUT2D eigenvalue weighted by atomic mass is 10.2. The molecule has 0 atom stereocenters. The zero-order valence-corrected chi connectivity index (χ0v) is 21.6. The molecule has 0 saturated carbocycles. The van der Waals surface area contributed by atoms with Crippen molar-refractivity contribution in [2.45, 2.75) is 52.7 Å². The van der Waals surface area contributed by atoms with Crippen molar-refractivity contribution in [1.82, 2.24) is 19.6 Å². The number of carbonyl (C=O) groups excluding carboxylic acids is 2. The smallest absolute Gasteiger partial charge is 0.320 e. The highest BCUT2D eigenvalue weighted by Gasteiger charge is 2.23. The molecular formula is C23H44N4O6. The molecule has 10 heteroatoms. The van der Waals surface area contributed by atoms with Crippen LogP contribution in [0.15, 0.2) is 0 Å². The Morgan fingerprint density at radius 3 is 1.24 bits per heavy atom. The van der Waals surface area contributed by atoms with E-state index in [9.17, 15) is 19.5 Å². The molecule has 0 bridgehead atoms. The van der Waals surface area contributed by atoms with Crippen LogP contribution in [0.3, 0.4) is 0 Å². The van der Waals surface area contributed by atoms with Gasteiger partial charge >= 0.3 is 17.9 Å². The Bertz CT molecular complexity index is 598. The van der Waals surface area contributed by atoms with E-state index in [1.165, 1.54) is 0 Å². The van der Waals surface area contributed by atoms with Gasteiger partial charge in [0, 0.05) is 52.4 Å². The maximum atomic E-state index is 12.4. The van der Waals surface area contributed by atoms with Crippen LogP contribution < -0.4 is 0 Å². The summed E-state index contributed by atoms with van der Waals surface area (Å²) in [7, 11) is 2.01. The van der Waals surface area contributed by atoms with Gasteiger partial charge in [-0.15, -0.1) is 0 Å². The normalized spacial score (nSPS) is 19.4. The minimum atomic E-state index is -0.904. The van der Waals surface area contributed by atoms with Crippen LogP contribution in [-0.4, -0.2) is 133 Å². The summed E-state index contributed by atoms with van der Waals surface area (Å²) in [5, 5.41) is 9.34. The molecular weight excluding hydrogens is 428 g/mol. The molecule has 0 amide bonds. The van der Waals surface area contributed by atoms with Gasteiger partial charge in [0.05, 0.1) is 19.6 Å². The third kappa shape index (κ3) is 14.9. The SMILES string of the molecule is CN1CCN(CC(=O)OC(C)(C)C)CCN(CC(=O)O)CCN(CC(=O)OC(C)(C)C)CC1. The third-order valence-corrected chi connectivity index (χ3v) is 4.97. The first kappa shape index (κ1) is 29.3. The van der Waals surface area contributed by atoms with Crippen LogP contribution in [0.1, 0.15) is 41.5 Å². The molecule has 1 saturated heterocycles. The molecule has 0 spiro atoms. The van der Waals surface area contributed by atoms with E-state index >= 15 is 0 Å². The summed E-state index contributed by atoms with van der Waals surface area (Å²) in [4.78, 5) is 44.1. The Morgan fingerprint density at radius 2 is 0.939 bits per heavy atom. The first-order valence-corrected chi connectivity index (χ1v) is 11.6. The molecule has 0 radical (unpaired) electrons. The zero-order valence-electron chi connectivity index (χ0n) is 21.6. The van der Waals surface area contributed by atoms with Gasteiger partial charge in [-0.2, -0.15) is 0 Å². The van der Waals surface area contributed by atoms with E-state index < -0.39 is 17.2 Å². The van der Waals surface area contributed by atoms with Crippen molar-refractivity contribution < 1.29 is 29.0 Å². The number of esters is 2. The van der Waals surface area contributed by atoms with Crippen LogP contribution in [0, 0.1) is 0 Å². The molecule has 33 heavy (non-hydrogen) atoms. The number of ether oxygens (including phenoxy) is 2. The Morgan fingerprint density at radius 1 is 0.636 bits per heavy atom. The lowest BCUT2D eigenvalue weighted by Crippen LogP contribution is -2.48. The summed E-state index contributed by atoms with van der Waals surface area (Å²) in [6.45, 7) is 16.2. The standard InChI is InChI=1S/C23H44N4O6/c1-22(2,3)32-20(30)17-26-10-8-24(7)9-11-27(18-21(31)33-23(4,5)6)15-13-25(12-14-26)16-19(28)29/h8-18H2,1-7H3,(H,28,29). The lowest BCUT2D eigenvalue weighted by Gasteiger charge is -2.33. The van der Waals surface area contributed by atoms with E-state index in [2.05, 4.69) is 4.90 Å². The van der Waals surface area contributed by atoms with Crippen molar-refractivity contribution in [3.05, 3.63) is 0 Å². The second-order valence-electron chi connectivity index (χ2n) is 10.7. The molecule has 10 nitrogen and oxygen atoms in total. The van der Waals surface area contributed by atoms with Gasteiger partial charge in [0.15, 0.2) is 0 Å². The number of aliphatic carboxylic acids is 1. The number of carbonyl (C=O) groups is 3. The monoisotopic (exact) mass is 472 g/mol. The summed E-state index contributed by atoms with van der Waals surface area (Å²) in [6.07, 6.45) is 0. The first-order chi connectivity index (χ1) is 15.1. The molecule has 1 rings (SSSR count). The molecule has 0 aromatic rings. The number of hydrogen-bond acceptors (Lipinski definition) is 9. The second kappa shape index (κ2) is 13.2. The molecule has 1 aliphatic rings. The van der Waals surface area contributed by atoms with Crippen LogP contribution >= 0.6 is 0 Å². The predicted molar refractivity (Wildman–Crippen MR) is 126 cm³/mol. The minimum Gasteiger partial charge on any atom is -0.480 e. The zero-order chi connectivity index (χ0) is 25.2. The summed E-state index contributed by atoms with van der Waals surface area (Å²) in [5.41, 5.74) is -1.10. The summed E-state index contributed by atoms with van der Waals surface area (Å²) >= 11 is 0. The van der Waals surface area contributed by atoms with Crippen molar-refractivity contribution in [1.29, 1.82) is 0 Å². The van der Waals surface area contributed by atoms with Gasteiger partial charge < -0.3 is 19.5 Å². The highest BCUT2D eigenvalue weighted by atomic mass is 16.6. The second-order valence-corrected chi connectivity index (χ2v) is 10.7. The molecule has 1 aliphatic heterocycles. The lowest BCUT2D eigenvalue weighted by molar-refractivity contribution is -0.157. The highest BCUT2D eigenvalue weighted by molar-refractivity contribution is 5.72. The van der Waals surface area contributed by atoms with E-state index in [-0.39, 0.29) is 31.6 Å². The molecule has 1 N–H and O–H groups in total. The molecule has 0 aromatic carbocycles. The first-order valence-electron chi connectivity index (χ1n) is 11.6. The Balaban J connectivity index is 2.84. The fraction of sp³-hybridized carbons (Fsp3) is 0.870. The van der Waals surface area contributed by atoms with Gasteiger partial charge in [0.25, 0.3) is 0 Å². The molecule has 0 unspecified atom stereocenters.